The molecule has 2 aromatic carbocycles. The van der Waals surface area contributed by atoms with Crippen molar-refractivity contribution in [3.8, 4) is 22.8 Å². The molecule has 0 spiro atoms. The maximum absolute atomic E-state index is 12.3. The lowest BCUT2D eigenvalue weighted by molar-refractivity contribution is -0.115. The Morgan fingerprint density at radius 1 is 1.07 bits per heavy atom. The van der Waals surface area contributed by atoms with Crippen LogP contribution in [0, 0.1) is 0 Å². The van der Waals surface area contributed by atoms with Gasteiger partial charge in [-0.05, 0) is 35.9 Å². The van der Waals surface area contributed by atoms with Crippen molar-refractivity contribution in [3.63, 3.8) is 0 Å². The Morgan fingerprint density at radius 3 is 2.38 bits per heavy atom. The standard InChI is InChI=1S/C20H20N2O5S2/c1-26-17-9-6-14(11-18(17)27-2)16-12-28-20(21-16)22-19(23)10-13-4-7-15(8-5-13)29(3,24)25/h4-9,11-12H,10H2,1-3H3,(H,21,22,23). The maximum Gasteiger partial charge on any atom is 0.230 e. The number of aromatic nitrogens is 1. The van der Waals surface area contributed by atoms with Gasteiger partial charge in [-0.2, -0.15) is 0 Å². The molecule has 0 atom stereocenters. The van der Waals surface area contributed by atoms with E-state index in [2.05, 4.69) is 10.3 Å². The first-order valence-corrected chi connectivity index (χ1v) is 11.3. The number of sulfone groups is 1. The van der Waals surface area contributed by atoms with Gasteiger partial charge in [0.05, 0.1) is 31.2 Å². The first kappa shape index (κ1) is 20.8. The van der Waals surface area contributed by atoms with Crippen LogP contribution in [-0.2, 0) is 21.1 Å². The van der Waals surface area contributed by atoms with Crippen molar-refractivity contribution in [3.05, 3.63) is 53.4 Å². The highest BCUT2D eigenvalue weighted by molar-refractivity contribution is 7.90. The normalized spacial score (nSPS) is 11.1. The second kappa shape index (κ2) is 8.62. The van der Waals surface area contributed by atoms with Gasteiger partial charge in [0.25, 0.3) is 0 Å². The minimum absolute atomic E-state index is 0.120. The largest absolute Gasteiger partial charge is 0.493 e. The van der Waals surface area contributed by atoms with Gasteiger partial charge in [-0.1, -0.05) is 12.1 Å². The zero-order valence-corrected chi connectivity index (χ0v) is 17.8. The van der Waals surface area contributed by atoms with Gasteiger partial charge in [0.2, 0.25) is 5.91 Å². The fraction of sp³-hybridized carbons (Fsp3) is 0.200. The minimum atomic E-state index is -3.26. The molecule has 1 aromatic heterocycles. The second-order valence-electron chi connectivity index (χ2n) is 6.25. The van der Waals surface area contributed by atoms with E-state index in [0.29, 0.717) is 27.9 Å². The lowest BCUT2D eigenvalue weighted by Crippen LogP contribution is -2.14. The molecule has 7 nitrogen and oxygen atoms in total. The van der Waals surface area contributed by atoms with E-state index in [1.807, 2.05) is 17.5 Å². The van der Waals surface area contributed by atoms with Crippen LogP contribution in [0.3, 0.4) is 0 Å². The number of methoxy groups -OCH3 is 2. The fourth-order valence-corrected chi connectivity index (χ4v) is 4.03. The minimum Gasteiger partial charge on any atom is -0.493 e. The Bertz CT molecular complexity index is 1120. The summed E-state index contributed by atoms with van der Waals surface area (Å²) in [6.07, 6.45) is 1.27. The molecular weight excluding hydrogens is 412 g/mol. The van der Waals surface area contributed by atoms with Crippen LogP contribution in [0.1, 0.15) is 5.56 Å². The Hall–Kier alpha value is -2.91. The van der Waals surface area contributed by atoms with Crippen LogP contribution in [0.5, 0.6) is 11.5 Å². The highest BCUT2D eigenvalue weighted by atomic mass is 32.2. The first-order valence-electron chi connectivity index (χ1n) is 8.57. The number of hydrogen-bond acceptors (Lipinski definition) is 7. The molecule has 9 heteroatoms. The predicted octanol–water partition coefficient (Wildman–Crippen LogP) is 3.41. The molecule has 0 aliphatic rings. The number of carbonyl (C=O) groups excluding carboxylic acids is 1. The second-order valence-corrected chi connectivity index (χ2v) is 9.12. The monoisotopic (exact) mass is 432 g/mol. The summed E-state index contributed by atoms with van der Waals surface area (Å²) in [7, 11) is -0.117. The lowest BCUT2D eigenvalue weighted by Gasteiger charge is -2.08. The average molecular weight is 433 g/mol. The van der Waals surface area contributed by atoms with Crippen LogP contribution in [0.15, 0.2) is 52.7 Å². The number of rotatable bonds is 7. The number of thiazole rings is 1. The maximum atomic E-state index is 12.3. The number of hydrogen-bond donors (Lipinski definition) is 1. The summed E-state index contributed by atoms with van der Waals surface area (Å²) in [6.45, 7) is 0. The molecule has 1 amide bonds. The van der Waals surface area contributed by atoms with Crippen molar-refractivity contribution in [2.24, 2.45) is 0 Å². The molecule has 0 fully saturated rings. The van der Waals surface area contributed by atoms with E-state index >= 15 is 0 Å². The van der Waals surface area contributed by atoms with Crippen LogP contribution < -0.4 is 14.8 Å². The molecule has 0 saturated carbocycles. The summed E-state index contributed by atoms with van der Waals surface area (Å²) >= 11 is 1.32. The summed E-state index contributed by atoms with van der Waals surface area (Å²) in [4.78, 5) is 17.0. The number of carbonyl (C=O) groups is 1. The van der Waals surface area contributed by atoms with Gasteiger partial charge in [0, 0.05) is 17.2 Å². The summed E-state index contributed by atoms with van der Waals surface area (Å²) in [5.74, 6) is 0.994. The van der Waals surface area contributed by atoms with Gasteiger partial charge in [0.15, 0.2) is 26.5 Å². The van der Waals surface area contributed by atoms with Gasteiger partial charge >= 0.3 is 0 Å². The van der Waals surface area contributed by atoms with E-state index in [-0.39, 0.29) is 17.2 Å². The van der Waals surface area contributed by atoms with Gasteiger partial charge in [0.1, 0.15) is 0 Å². The predicted molar refractivity (Wildman–Crippen MR) is 113 cm³/mol. The smallest absolute Gasteiger partial charge is 0.230 e. The van der Waals surface area contributed by atoms with Crippen molar-refractivity contribution in [1.29, 1.82) is 0 Å². The quantitative estimate of drug-likeness (QED) is 0.615. The zero-order chi connectivity index (χ0) is 21.0. The van der Waals surface area contributed by atoms with E-state index in [0.717, 1.165) is 11.8 Å². The van der Waals surface area contributed by atoms with Crippen LogP contribution in [-0.4, -0.2) is 39.8 Å². The molecule has 0 unspecified atom stereocenters. The molecular formula is C20H20N2O5S2. The number of benzene rings is 2. The molecule has 1 heterocycles. The van der Waals surface area contributed by atoms with E-state index < -0.39 is 9.84 Å². The van der Waals surface area contributed by atoms with Gasteiger partial charge in [-0.15, -0.1) is 11.3 Å². The van der Waals surface area contributed by atoms with Gasteiger partial charge in [-0.3, -0.25) is 4.79 Å². The molecule has 0 aliphatic carbocycles. The fourth-order valence-electron chi connectivity index (χ4n) is 2.66. The van der Waals surface area contributed by atoms with Crippen LogP contribution in [0.2, 0.25) is 0 Å². The topological polar surface area (TPSA) is 94.6 Å². The van der Waals surface area contributed by atoms with E-state index in [9.17, 15) is 13.2 Å². The zero-order valence-electron chi connectivity index (χ0n) is 16.1. The molecule has 1 N–H and O–H groups in total. The number of nitrogens with one attached hydrogen (secondary N) is 1. The number of amides is 1. The molecule has 152 valence electrons. The Morgan fingerprint density at radius 2 is 1.76 bits per heavy atom. The van der Waals surface area contributed by atoms with E-state index in [4.69, 9.17) is 9.47 Å². The molecule has 3 rings (SSSR count). The van der Waals surface area contributed by atoms with E-state index in [1.165, 1.54) is 23.5 Å². The summed E-state index contributed by atoms with van der Waals surface area (Å²) in [6, 6.07) is 11.7. The molecule has 0 aliphatic heterocycles. The third-order valence-electron chi connectivity index (χ3n) is 4.15. The highest BCUT2D eigenvalue weighted by Gasteiger charge is 2.12. The van der Waals surface area contributed by atoms with Crippen molar-refractivity contribution >= 4 is 32.2 Å². The summed E-state index contributed by atoms with van der Waals surface area (Å²) in [5, 5.41) is 5.10. The van der Waals surface area contributed by atoms with Gasteiger partial charge in [-0.25, -0.2) is 13.4 Å². The van der Waals surface area contributed by atoms with Crippen LogP contribution in [0.25, 0.3) is 11.3 Å². The SMILES string of the molecule is COc1ccc(-c2csc(NC(=O)Cc3ccc(S(C)(=O)=O)cc3)n2)cc1OC. The highest BCUT2D eigenvalue weighted by Crippen LogP contribution is 2.33. The molecule has 0 radical (unpaired) electrons. The van der Waals surface area contributed by atoms with Crippen molar-refractivity contribution in [2.75, 3.05) is 25.8 Å². The molecule has 3 aromatic rings. The average Bonchev–Trinajstić information content (AvgIpc) is 3.15. The van der Waals surface area contributed by atoms with E-state index in [1.54, 1.807) is 32.4 Å². The summed E-state index contributed by atoms with van der Waals surface area (Å²) in [5.41, 5.74) is 2.27. The number of anilines is 1. The first-order chi connectivity index (χ1) is 13.8. The number of ether oxygens (including phenoxy) is 2. The lowest BCUT2D eigenvalue weighted by atomic mass is 10.1. The number of nitrogens with zero attached hydrogens (tertiary/aromatic N) is 1. The summed E-state index contributed by atoms with van der Waals surface area (Å²) < 4.78 is 33.5. The van der Waals surface area contributed by atoms with Gasteiger partial charge < -0.3 is 14.8 Å². The third-order valence-corrected chi connectivity index (χ3v) is 6.03. The van der Waals surface area contributed by atoms with Crippen LogP contribution >= 0.6 is 11.3 Å². The van der Waals surface area contributed by atoms with Crippen LogP contribution in [0.4, 0.5) is 5.13 Å². The Balaban J connectivity index is 1.67. The Labute approximate surface area is 173 Å². The van der Waals surface area contributed by atoms with Crippen molar-refractivity contribution in [1.82, 2.24) is 4.98 Å². The molecule has 0 bridgehead atoms. The molecule has 0 saturated heterocycles. The third kappa shape index (κ3) is 5.12. The molecule has 29 heavy (non-hydrogen) atoms. The Kier molecular flexibility index (Phi) is 6.19. The van der Waals surface area contributed by atoms with Crippen molar-refractivity contribution < 1.29 is 22.7 Å². The van der Waals surface area contributed by atoms with Crippen molar-refractivity contribution in [2.45, 2.75) is 11.3 Å².